The molecule has 0 amide bonds. The maximum absolute atomic E-state index is 4.90. The van der Waals surface area contributed by atoms with Crippen molar-refractivity contribution in [2.45, 2.75) is 39.7 Å². The molecule has 4 heteroatoms. The van der Waals surface area contributed by atoms with Gasteiger partial charge in [-0.3, -0.25) is 4.98 Å². The van der Waals surface area contributed by atoms with Crippen molar-refractivity contribution in [3.8, 4) is 10.6 Å². The third-order valence-corrected chi connectivity index (χ3v) is 5.08. The number of hydrogen-bond donors (Lipinski definition) is 1. The normalized spacial score (nSPS) is 20.6. The van der Waals surface area contributed by atoms with Crippen molar-refractivity contribution in [2.75, 3.05) is 6.54 Å². The Kier molecular flexibility index (Phi) is 3.61. The van der Waals surface area contributed by atoms with E-state index in [0.717, 1.165) is 18.0 Å². The largest absolute Gasteiger partial charge is 0.309 e. The van der Waals surface area contributed by atoms with Crippen LogP contribution in [0.25, 0.3) is 10.6 Å². The summed E-state index contributed by atoms with van der Waals surface area (Å²) in [5.74, 6) is 0. The molecule has 2 aromatic heterocycles. The van der Waals surface area contributed by atoms with Gasteiger partial charge in [0, 0.05) is 28.9 Å². The number of fused-ring (bicyclic) bond motifs is 1. The molecule has 1 N–H and O–H groups in total. The summed E-state index contributed by atoms with van der Waals surface area (Å²) in [5, 5.41) is 4.74. The van der Waals surface area contributed by atoms with Crippen LogP contribution in [0.5, 0.6) is 0 Å². The van der Waals surface area contributed by atoms with E-state index in [2.05, 4.69) is 31.1 Å². The zero-order valence-corrected chi connectivity index (χ0v) is 13.1. The first kappa shape index (κ1) is 13.7. The van der Waals surface area contributed by atoms with Crippen LogP contribution < -0.4 is 5.32 Å². The molecular formula is C16H21N3S. The number of nitrogens with zero attached hydrogens (tertiary/aromatic N) is 2. The van der Waals surface area contributed by atoms with Crippen LogP contribution >= 0.6 is 11.3 Å². The molecule has 3 rings (SSSR count). The van der Waals surface area contributed by atoms with E-state index in [1.54, 1.807) is 0 Å². The van der Waals surface area contributed by atoms with Gasteiger partial charge < -0.3 is 5.32 Å². The van der Waals surface area contributed by atoms with Gasteiger partial charge in [-0.2, -0.15) is 0 Å². The van der Waals surface area contributed by atoms with Crippen LogP contribution in [0.1, 0.15) is 43.8 Å². The molecule has 0 saturated heterocycles. The van der Waals surface area contributed by atoms with Crippen LogP contribution in [0.4, 0.5) is 0 Å². The van der Waals surface area contributed by atoms with E-state index in [1.165, 1.54) is 22.6 Å². The summed E-state index contributed by atoms with van der Waals surface area (Å²) in [6.07, 6.45) is 5.93. The maximum Gasteiger partial charge on any atom is 0.124 e. The molecule has 20 heavy (non-hydrogen) atoms. The number of rotatable bonds is 3. The van der Waals surface area contributed by atoms with Crippen LogP contribution in [0.15, 0.2) is 24.5 Å². The highest BCUT2D eigenvalue weighted by Crippen LogP contribution is 2.44. The number of nitrogens with one attached hydrogen (secondary N) is 1. The highest BCUT2D eigenvalue weighted by atomic mass is 32.1. The van der Waals surface area contributed by atoms with Gasteiger partial charge in [-0.15, -0.1) is 11.3 Å². The number of pyridine rings is 1. The molecular weight excluding hydrogens is 266 g/mol. The first-order chi connectivity index (χ1) is 9.59. The number of aromatic nitrogens is 2. The van der Waals surface area contributed by atoms with Crippen LogP contribution in [-0.2, 0) is 6.42 Å². The summed E-state index contributed by atoms with van der Waals surface area (Å²) in [6.45, 7) is 7.85. The molecule has 2 aromatic rings. The Bertz CT molecular complexity index is 589. The first-order valence-corrected chi connectivity index (χ1v) is 8.04. The number of thiazole rings is 1. The number of hydrogen-bond acceptors (Lipinski definition) is 4. The highest BCUT2D eigenvalue weighted by Gasteiger charge is 2.34. The zero-order chi connectivity index (χ0) is 14.2. The Balaban J connectivity index is 2.00. The van der Waals surface area contributed by atoms with E-state index in [1.807, 2.05) is 35.9 Å². The van der Waals surface area contributed by atoms with Crippen LogP contribution in [-0.4, -0.2) is 16.5 Å². The lowest BCUT2D eigenvalue weighted by atomic mass is 9.76. The van der Waals surface area contributed by atoms with E-state index < -0.39 is 0 Å². The topological polar surface area (TPSA) is 37.8 Å². The summed E-state index contributed by atoms with van der Waals surface area (Å²) in [5.41, 5.74) is 2.78. The minimum atomic E-state index is 0.323. The smallest absolute Gasteiger partial charge is 0.124 e. The Morgan fingerprint density at radius 2 is 2.10 bits per heavy atom. The van der Waals surface area contributed by atoms with E-state index >= 15 is 0 Å². The van der Waals surface area contributed by atoms with Gasteiger partial charge >= 0.3 is 0 Å². The van der Waals surface area contributed by atoms with Crippen LogP contribution in [0.2, 0.25) is 0 Å². The average Bonchev–Trinajstić information content (AvgIpc) is 2.82. The molecule has 2 heterocycles. The molecule has 0 radical (unpaired) electrons. The van der Waals surface area contributed by atoms with Gasteiger partial charge in [-0.05, 0) is 36.9 Å². The van der Waals surface area contributed by atoms with Crippen molar-refractivity contribution in [3.05, 3.63) is 35.1 Å². The summed E-state index contributed by atoms with van der Waals surface area (Å²) >= 11 is 1.84. The molecule has 0 spiro atoms. The molecule has 0 bridgehead atoms. The average molecular weight is 287 g/mol. The molecule has 1 aliphatic rings. The Hall–Kier alpha value is -1.26. The van der Waals surface area contributed by atoms with Gasteiger partial charge in [0.15, 0.2) is 0 Å². The predicted octanol–water partition coefficient (Wildman–Crippen LogP) is 3.83. The summed E-state index contributed by atoms with van der Waals surface area (Å²) < 4.78 is 0. The predicted molar refractivity (Wildman–Crippen MR) is 83.9 cm³/mol. The first-order valence-electron chi connectivity index (χ1n) is 7.22. The van der Waals surface area contributed by atoms with Gasteiger partial charge in [0.25, 0.3) is 0 Å². The minimum absolute atomic E-state index is 0.323. The summed E-state index contributed by atoms with van der Waals surface area (Å²) in [6, 6.07) is 4.53. The van der Waals surface area contributed by atoms with Crippen molar-refractivity contribution in [3.63, 3.8) is 0 Å². The highest BCUT2D eigenvalue weighted by molar-refractivity contribution is 7.15. The van der Waals surface area contributed by atoms with Gasteiger partial charge in [-0.25, -0.2) is 4.98 Å². The van der Waals surface area contributed by atoms with E-state index in [0.29, 0.717) is 11.5 Å². The third kappa shape index (κ3) is 2.63. The monoisotopic (exact) mass is 287 g/mol. The van der Waals surface area contributed by atoms with Crippen molar-refractivity contribution in [2.24, 2.45) is 5.41 Å². The van der Waals surface area contributed by atoms with Gasteiger partial charge in [0.1, 0.15) is 5.01 Å². The SMILES string of the molecule is CCNC1CC(C)(C)Cc2nc(-c3ccncc3)sc21. The fourth-order valence-corrected chi connectivity index (χ4v) is 4.13. The second-order valence-corrected chi connectivity index (χ2v) is 7.25. The van der Waals surface area contributed by atoms with Gasteiger partial charge in [0.2, 0.25) is 0 Å². The summed E-state index contributed by atoms with van der Waals surface area (Å²) in [4.78, 5) is 10.4. The molecule has 0 aliphatic heterocycles. The van der Waals surface area contributed by atoms with E-state index in [-0.39, 0.29) is 0 Å². The zero-order valence-electron chi connectivity index (χ0n) is 12.3. The lowest BCUT2D eigenvalue weighted by Gasteiger charge is -2.34. The molecule has 106 valence electrons. The molecule has 0 fully saturated rings. The van der Waals surface area contributed by atoms with Crippen molar-refractivity contribution >= 4 is 11.3 Å². The fraction of sp³-hybridized carbons (Fsp3) is 0.500. The Morgan fingerprint density at radius 1 is 1.35 bits per heavy atom. The molecule has 1 aliphatic carbocycles. The standard InChI is InChI=1S/C16H21N3S/c1-4-18-12-9-16(2,3)10-13-14(12)20-15(19-13)11-5-7-17-8-6-11/h5-8,12,18H,4,9-10H2,1-3H3. The molecule has 3 nitrogen and oxygen atoms in total. The lowest BCUT2D eigenvalue weighted by molar-refractivity contribution is 0.260. The van der Waals surface area contributed by atoms with Crippen molar-refractivity contribution < 1.29 is 0 Å². The third-order valence-electron chi connectivity index (χ3n) is 3.82. The fourth-order valence-electron chi connectivity index (χ4n) is 2.96. The van der Waals surface area contributed by atoms with E-state index in [9.17, 15) is 0 Å². The second kappa shape index (κ2) is 5.26. The maximum atomic E-state index is 4.90. The quantitative estimate of drug-likeness (QED) is 0.932. The van der Waals surface area contributed by atoms with Crippen LogP contribution in [0, 0.1) is 5.41 Å². The van der Waals surface area contributed by atoms with E-state index in [4.69, 9.17) is 4.98 Å². The molecule has 0 saturated carbocycles. The van der Waals surface area contributed by atoms with Gasteiger partial charge in [0.05, 0.1) is 5.69 Å². The molecule has 1 unspecified atom stereocenters. The van der Waals surface area contributed by atoms with Crippen molar-refractivity contribution in [1.82, 2.24) is 15.3 Å². The second-order valence-electron chi connectivity index (χ2n) is 6.22. The lowest BCUT2D eigenvalue weighted by Crippen LogP contribution is -2.32. The Labute approximate surface area is 124 Å². The van der Waals surface area contributed by atoms with Crippen LogP contribution in [0.3, 0.4) is 0 Å². The molecule has 0 aromatic carbocycles. The summed E-state index contributed by atoms with van der Waals surface area (Å²) in [7, 11) is 0. The minimum Gasteiger partial charge on any atom is -0.309 e. The van der Waals surface area contributed by atoms with Crippen molar-refractivity contribution in [1.29, 1.82) is 0 Å². The Morgan fingerprint density at radius 3 is 2.80 bits per heavy atom. The van der Waals surface area contributed by atoms with Gasteiger partial charge in [-0.1, -0.05) is 20.8 Å². The molecule has 1 atom stereocenters.